The van der Waals surface area contributed by atoms with Gasteiger partial charge < -0.3 is 4.57 Å². The molecule has 0 aliphatic carbocycles. The summed E-state index contributed by atoms with van der Waals surface area (Å²) in [5.74, 6) is -0.0129. The third-order valence-electron chi connectivity index (χ3n) is 5.94. The van der Waals surface area contributed by atoms with Gasteiger partial charge in [0.25, 0.3) is 0 Å². The van der Waals surface area contributed by atoms with E-state index in [0.717, 1.165) is 26.7 Å². The fourth-order valence-corrected chi connectivity index (χ4v) is 6.37. The molecule has 5 rings (SSSR count). The molecule has 0 aliphatic heterocycles. The Morgan fingerprint density at radius 2 is 1.81 bits per heavy atom. The van der Waals surface area contributed by atoms with E-state index in [1.54, 1.807) is 35.8 Å². The van der Waals surface area contributed by atoms with Crippen LogP contribution in [0.2, 0.25) is 5.02 Å². The SMILES string of the molecule is Cc1cc(C(=O)CSc2ncnc3sc(-c4ccccc4)cc23)c(C)n1-c1ccc(Cl)c(C(F)(F)F)c1. The Kier molecular flexibility index (Phi) is 6.87. The predicted octanol–water partition coefficient (Wildman–Crippen LogP) is 8.41. The maximum absolute atomic E-state index is 13.4. The summed E-state index contributed by atoms with van der Waals surface area (Å²) in [5.41, 5.74) is 2.13. The van der Waals surface area contributed by atoms with Crippen molar-refractivity contribution >= 4 is 50.7 Å². The number of hydrogen-bond acceptors (Lipinski definition) is 5. The van der Waals surface area contributed by atoms with E-state index in [1.165, 1.54) is 30.2 Å². The van der Waals surface area contributed by atoms with E-state index in [-0.39, 0.29) is 16.6 Å². The zero-order valence-electron chi connectivity index (χ0n) is 19.6. The smallest absolute Gasteiger partial charge is 0.318 e. The molecule has 0 unspecified atom stereocenters. The van der Waals surface area contributed by atoms with Crippen LogP contribution in [0.5, 0.6) is 0 Å². The minimum absolute atomic E-state index is 0.126. The number of carbonyl (C=O) groups excluding carboxylic acids is 1. The van der Waals surface area contributed by atoms with Gasteiger partial charge in [-0.15, -0.1) is 11.3 Å². The maximum atomic E-state index is 13.4. The number of hydrogen-bond donors (Lipinski definition) is 0. The Labute approximate surface area is 224 Å². The van der Waals surface area contributed by atoms with E-state index in [9.17, 15) is 18.0 Å². The van der Waals surface area contributed by atoms with Gasteiger partial charge in [-0.3, -0.25) is 4.79 Å². The van der Waals surface area contributed by atoms with E-state index in [1.807, 2.05) is 36.4 Å². The molecule has 0 bridgehead atoms. The number of thiophene rings is 1. The first-order valence-corrected chi connectivity index (χ1v) is 13.3. The number of Topliss-reactive ketones (excluding diaryl/α,β-unsaturated/α-hetero) is 1. The first kappa shape index (κ1) is 25.5. The Morgan fingerprint density at radius 1 is 1.05 bits per heavy atom. The van der Waals surface area contributed by atoms with Gasteiger partial charge in [0.05, 0.1) is 16.3 Å². The number of fused-ring (bicyclic) bond motifs is 1. The highest BCUT2D eigenvalue weighted by atomic mass is 35.5. The molecule has 188 valence electrons. The molecule has 5 aromatic rings. The molecule has 37 heavy (non-hydrogen) atoms. The van der Waals surface area contributed by atoms with Crippen LogP contribution in [0, 0.1) is 13.8 Å². The number of rotatable bonds is 6. The van der Waals surface area contributed by atoms with E-state index in [4.69, 9.17) is 11.6 Å². The number of aryl methyl sites for hydroxylation is 1. The molecule has 2 aromatic carbocycles. The number of carbonyl (C=O) groups is 1. The Morgan fingerprint density at radius 3 is 2.54 bits per heavy atom. The van der Waals surface area contributed by atoms with Gasteiger partial charge in [0.2, 0.25) is 0 Å². The van der Waals surface area contributed by atoms with Gasteiger partial charge in [-0.05, 0) is 49.7 Å². The molecule has 0 saturated heterocycles. The van der Waals surface area contributed by atoms with Crippen LogP contribution in [0.25, 0.3) is 26.3 Å². The molecule has 0 spiro atoms. The van der Waals surface area contributed by atoms with Crippen LogP contribution in [0.4, 0.5) is 13.2 Å². The number of aromatic nitrogens is 3. The number of ketones is 1. The monoisotopic (exact) mass is 557 g/mol. The molecule has 3 heterocycles. The lowest BCUT2D eigenvalue weighted by Gasteiger charge is -2.14. The fraction of sp³-hybridized carbons (Fsp3) is 0.148. The minimum atomic E-state index is -4.58. The molecule has 0 radical (unpaired) electrons. The van der Waals surface area contributed by atoms with Gasteiger partial charge in [0.15, 0.2) is 5.78 Å². The van der Waals surface area contributed by atoms with Gasteiger partial charge in [0.1, 0.15) is 16.2 Å². The molecule has 0 N–H and O–H groups in total. The lowest BCUT2D eigenvalue weighted by atomic mass is 10.1. The molecule has 10 heteroatoms. The van der Waals surface area contributed by atoms with E-state index < -0.39 is 11.7 Å². The topological polar surface area (TPSA) is 47.8 Å². The van der Waals surface area contributed by atoms with Gasteiger partial charge >= 0.3 is 6.18 Å². The molecule has 0 saturated carbocycles. The molecule has 0 amide bonds. The van der Waals surface area contributed by atoms with Crippen molar-refractivity contribution in [2.75, 3.05) is 5.75 Å². The second kappa shape index (κ2) is 9.96. The third kappa shape index (κ3) is 5.03. The van der Waals surface area contributed by atoms with Crippen molar-refractivity contribution in [3.63, 3.8) is 0 Å². The molecule has 0 atom stereocenters. The molecule has 3 aromatic heterocycles. The summed E-state index contributed by atoms with van der Waals surface area (Å²) < 4.78 is 41.8. The van der Waals surface area contributed by atoms with Crippen molar-refractivity contribution in [2.24, 2.45) is 0 Å². The number of halogens is 4. The minimum Gasteiger partial charge on any atom is -0.318 e. The molecule has 4 nitrogen and oxygen atoms in total. The number of nitrogens with zero attached hydrogens (tertiary/aromatic N) is 3. The lowest BCUT2D eigenvalue weighted by Crippen LogP contribution is -2.09. The van der Waals surface area contributed by atoms with Crippen LogP contribution in [-0.4, -0.2) is 26.1 Å². The van der Waals surface area contributed by atoms with Gasteiger partial charge in [-0.1, -0.05) is 53.7 Å². The molecule has 0 aliphatic rings. The van der Waals surface area contributed by atoms with Crippen molar-refractivity contribution in [2.45, 2.75) is 25.0 Å². The average molecular weight is 558 g/mol. The predicted molar refractivity (Wildman–Crippen MR) is 143 cm³/mol. The van der Waals surface area contributed by atoms with Crippen LogP contribution in [0.15, 0.2) is 72.0 Å². The first-order valence-electron chi connectivity index (χ1n) is 11.2. The number of alkyl halides is 3. The summed E-state index contributed by atoms with van der Waals surface area (Å²) in [6.07, 6.45) is -3.09. The van der Waals surface area contributed by atoms with Gasteiger partial charge in [-0.2, -0.15) is 13.2 Å². The fourth-order valence-electron chi connectivity index (χ4n) is 4.22. The highest BCUT2D eigenvalue weighted by molar-refractivity contribution is 8.00. The van der Waals surface area contributed by atoms with Gasteiger partial charge in [-0.25, -0.2) is 9.97 Å². The van der Waals surface area contributed by atoms with Crippen LogP contribution < -0.4 is 0 Å². The van der Waals surface area contributed by atoms with Crippen molar-refractivity contribution in [3.8, 4) is 16.1 Å². The third-order valence-corrected chi connectivity index (χ3v) is 8.36. The number of thioether (sulfide) groups is 1. The summed E-state index contributed by atoms with van der Waals surface area (Å²) in [6, 6.07) is 17.5. The van der Waals surface area contributed by atoms with Crippen LogP contribution in [0.3, 0.4) is 0 Å². The quantitative estimate of drug-likeness (QED) is 0.119. The first-order chi connectivity index (χ1) is 17.6. The Balaban J connectivity index is 1.40. The van der Waals surface area contributed by atoms with Crippen molar-refractivity contribution in [1.82, 2.24) is 14.5 Å². The summed E-state index contributed by atoms with van der Waals surface area (Å²) in [6.45, 7) is 3.48. The lowest BCUT2D eigenvalue weighted by molar-refractivity contribution is -0.137. The molecular weight excluding hydrogens is 539 g/mol. The second-order valence-electron chi connectivity index (χ2n) is 8.37. The Hall–Kier alpha value is -3.14. The summed E-state index contributed by atoms with van der Waals surface area (Å²) in [4.78, 5) is 23.9. The second-order valence-corrected chi connectivity index (χ2v) is 10.8. The van der Waals surface area contributed by atoms with E-state index >= 15 is 0 Å². The maximum Gasteiger partial charge on any atom is 0.417 e. The van der Waals surface area contributed by atoms with Crippen molar-refractivity contribution in [1.29, 1.82) is 0 Å². The molecule has 0 fully saturated rings. The summed E-state index contributed by atoms with van der Waals surface area (Å²) in [5, 5.41) is 1.22. The van der Waals surface area contributed by atoms with E-state index in [0.29, 0.717) is 27.7 Å². The normalized spacial score (nSPS) is 11.8. The average Bonchev–Trinajstić information content (AvgIpc) is 3.44. The van der Waals surface area contributed by atoms with Gasteiger partial charge in [0, 0.05) is 32.9 Å². The van der Waals surface area contributed by atoms with Crippen molar-refractivity contribution < 1.29 is 18.0 Å². The van der Waals surface area contributed by atoms with Crippen LogP contribution >= 0.6 is 34.7 Å². The number of benzene rings is 2. The Bertz CT molecular complexity index is 1630. The zero-order chi connectivity index (χ0) is 26.3. The van der Waals surface area contributed by atoms with Crippen LogP contribution in [-0.2, 0) is 6.18 Å². The van der Waals surface area contributed by atoms with Crippen LogP contribution in [0.1, 0.15) is 27.3 Å². The molecular formula is C27H19ClF3N3OS2. The standard InChI is InChI=1S/C27H19ClF3N3OS2/c1-15-10-19(16(2)34(15)18-8-9-22(28)21(11-18)27(29,30)31)23(35)13-36-25-20-12-24(17-6-4-3-5-7-17)37-26(20)33-14-32-25/h3-12,14H,13H2,1-2H3. The zero-order valence-corrected chi connectivity index (χ0v) is 22.0. The summed E-state index contributed by atoms with van der Waals surface area (Å²) >= 11 is 8.67. The highest BCUT2D eigenvalue weighted by Crippen LogP contribution is 2.38. The largest absolute Gasteiger partial charge is 0.417 e. The highest BCUT2D eigenvalue weighted by Gasteiger charge is 2.33. The van der Waals surface area contributed by atoms with E-state index in [2.05, 4.69) is 9.97 Å². The van der Waals surface area contributed by atoms with Crippen molar-refractivity contribution in [3.05, 3.63) is 94.5 Å². The summed E-state index contributed by atoms with van der Waals surface area (Å²) in [7, 11) is 0.